The molecule has 2 heterocycles. The van der Waals surface area contributed by atoms with Crippen LogP contribution in [0.5, 0.6) is 0 Å². The molecule has 18 heavy (non-hydrogen) atoms. The number of hydrogen-bond acceptors (Lipinski definition) is 4. The van der Waals surface area contributed by atoms with Crippen molar-refractivity contribution in [3.8, 4) is 0 Å². The lowest BCUT2D eigenvalue weighted by molar-refractivity contribution is 0.346. The molecule has 2 N–H and O–H groups in total. The van der Waals surface area contributed by atoms with Gasteiger partial charge in [0.25, 0.3) is 0 Å². The van der Waals surface area contributed by atoms with Crippen LogP contribution in [0.3, 0.4) is 0 Å². The Morgan fingerprint density at radius 2 is 2.11 bits per heavy atom. The molecule has 0 spiro atoms. The lowest BCUT2D eigenvalue weighted by Crippen LogP contribution is -2.32. The average molecular weight is 313 g/mol. The summed E-state index contributed by atoms with van der Waals surface area (Å²) in [4.78, 5) is 9.12. The minimum Gasteiger partial charge on any atom is -0.397 e. The standard InChI is InChI=1S/C13H21BrN4/c1-10-11(15)9-16-13(12(10)14)17(2)7-8-18-5-3-4-6-18/h9H,3-8,15H2,1-2H3. The molecule has 0 unspecified atom stereocenters. The van der Waals surface area contributed by atoms with Crippen molar-refractivity contribution in [1.29, 1.82) is 0 Å². The lowest BCUT2D eigenvalue weighted by atomic mass is 10.2. The van der Waals surface area contributed by atoms with Gasteiger partial charge in [0, 0.05) is 20.1 Å². The van der Waals surface area contributed by atoms with E-state index in [0.29, 0.717) is 0 Å². The van der Waals surface area contributed by atoms with Crippen LogP contribution < -0.4 is 10.6 Å². The molecule has 1 saturated heterocycles. The fourth-order valence-corrected chi connectivity index (χ4v) is 2.88. The van der Waals surface area contributed by atoms with E-state index in [2.05, 4.69) is 37.8 Å². The van der Waals surface area contributed by atoms with Crippen LogP contribution in [-0.2, 0) is 0 Å². The van der Waals surface area contributed by atoms with Crippen LogP contribution >= 0.6 is 15.9 Å². The molecule has 1 aliphatic rings. The van der Waals surface area contributed by atoms with Gasteiger partial charge in [-0.25, -0.2) is 4.98 Å². The van der Waals surface area contributed by atoms with Crippen LogP contribution in [0.1, 0.15) is 18.4 Å². The number of pyridine rings is 1. The zero-order valence-electron chi connectivity index (χ0n) is 11.1. The zero-order valence-corrected chi connectivity index (χ0v) is 12.7. The summed E-state index contributed by atoms with van der Waals surface area (Å²) >= 11 is 3.59. The average Bonchev–Trinajstić information content (AvgIpc) is 2.86. The van der Waals surface area contributed by atoms with Gasteiger partial charge in [0.15, 0.2) is 0 Å². The topological polar surface area (TPSA) is 45.4 Å². The first-order valence-corrected chi connectivity index (χ1v) is 7.23. The smallest absolute Gasteiger partial charge is 0.143 e. The molecule has 0 radical (unpaired) electrons. The lowest BCUT2D eigenvalue weighted by Gasteiger charge is -2.24. The summed E-state index contributed by atoms with van der Waals surface area (Å²) in [5, 5.41) is 0. The van der Waals surface area contributed by atoms with E-state index >= 15 is 0 Å². The second-order valence-electron chi connectivity index (χ2n) is 4.95. The molecule has 1 fully saturated rings. The molecule has 0 amide bonds. The molecular weight excluding hydrogens is 292 g/mol. The Morgan fingerprint density at radius 1 is 1.44 bits per heavy atom. The van der Waals surface area contributed by atoms with Gasteiger partial charge in [0.05, 0.1) is 16.4 Å². The molecule has 0 bridgehead atoms. The number of aromatic nitrogens is 1. The van der Waals surface area contributed by atoms with E-state index in [1.54, 1.807) is 6.20 Å². The molecule has 2 rings (SSSR count). The molecule has 1 aromatic rings. The van der Waals surface area contributed by atoms with E-state index in [1.165, 1.54) is 25.9 Å². The largest absolute Gasteiger partial charge is 0.397 e. The molecule has 5 heteroatoms. The molecule has 1 aromatic heterocycles. The Kier molecular flexibility index (Phi) is 4.45. The van der Waals surface area contributed by atoms with Crippen molar-refractivity contribution < 1.29 is 0 Å². The molecule has 0 atom stereocenters. The summed E-state index contributed by atoms with van der Waals surface area (Å²) in [6, 6.07) is 0. The summed E-state index contributed by atoms with van der Waals surface area (Å²) < 4.78 is 1.01. The van der Waals surface area contributed by atoms with E-state index in [4.69, 9.17) is 5.73 Å². The van der Waals surface area contributed by atoms with Gasteiger partial charge in [0.1, 0.15) is 5.82 Å². The fourth-order valence-electron chi connectivity index (χ4n) is 2.25. The van der Waals surface area contributed by atoms with E-state index < -0.39 is 0 Å². The van der Waals surface area contributed by atoms with Crippen molar-refractivity contribution in [1.82, 2.24) is 9.88 Å². The van der Waals surface area contributed by atoms with E-state index in [-0.39, 0.29) is 0 Å². The number of nitrogens with zero attached hydrogens (tertiary/aromatic N) is 3. The number of nitrogens with two attached hydrogens (primary N) is 1. The molecule has 0 saturated carbocycles. The maximum Gasteiger partial charge on any atom is 0.143 e. The van der Waals surface area contributed by atoms with E-state index in [9.17, 15) is 0 Å². The Hall–Kier alpha value is -0.810. The number of likely N-dealkylation sites (N-methyl/N-ethyl adjacent to an activating group) is 1. The highest BCUT2D eigenvalue weighted by Crippen LogP contribution is 2.29. The van der Waals surface area contributed by atoms with Crippen molar-refractivity contribution in [3.05, 3.63) is 16.2 Å². The van der Waals surface area contributed by atoms with E-state index in [1.807, 2.05) is 6.92 Å². The highest BCUT2D eigenvalue weighted by molar-refractivity contribution is 9.10. The highest BCUT2D eigenvalue weighted by atomic mass is 79.9. The number of nitrogen functional groups attached to an aromatic ring is 1. The first-order valence-electron chi connectivity index (χ1n) is 6.43. The highest BCUT2D eigenvalue weighted by Gasteiger charge is 2.15. The quantitative estimate of drug-likeness (QED) is 0.926. The number of hydrogen-bond donors (Lipinski definition) is 1. The monoisotopic (exact) mass is 312 g/mol. The first-order chi connectivity index (χ1) is 8.59. The fraction of sp³-hybridized carbons (Fsp3) is 0.615. The second kappa shape index (κ2) is 5.89. The third-order valence-electron chi connectivity index (χ3n) is 3.60. The zero-order chi connectivity index (χ0) is 13.1. The van der Waals surface area contributed by atoms with Crippen LogP contribution in [0.2, 0.25) is 0 Å². The molecule has 0 aliphatic carbocycles. The van der Waals surface area contributed by atoms with Gasteiger partial charge < -0.3 is 15.5 Å². The van der Waals surface area contributed by atoms with Gasteiger partial charge in [-0.3, -0.25) is 0 Å². The third-order valence-corrected chi connectivity index (χ3v) is 4.55. The van der Waals surface area contributed by atoms with Gasteiger partial charge in [-0.05, 0) is 54.3 Å². The van der Waals surface area contributed by atoms with Crippen LogP contribution in [-0.4, -0.2) is 43.1 Å². The minimum absolute atomic E-state index is 0.735. The van der Waals surface area contributed by atoms with Crippen LogP contribution in [0.25, 0.3) is 0 Å². The predicted molar refractivity (Wildman–Crippen MR) is 80.0 cm³/mol. The van der Waals surface area contributed by atoms with Gasteiger partial charge in [-0.1, -0.05) is 0 Å². The van der Waals surface area contributed by atoms with E-state index in [0.717, 1.165) is 34.6 Å². The van der Waals surface area contributed by atoms with Crippen molar-refractivity contribution in [3.63, 3.8) is 0 Å². The summed E-state index contributed by atoms with van der Waals surface area (Å²) in [7, 11) is 2.08. The number of anilines is 2. The number of likely N-dealkylation sites (tertiary alicyclic amines) is 1. The summed E-state index contributed by atoms with van der Waals surface area (Å²) in [5.74, 6) is 0.973. The normalized spacial score (nSPS) is 16.2. The van der Waals surface area contributed by atoms with Crippen LogP contribution in [0.4, 0.5) is 11.5 Å². The molecular formula is C13H21BrN4. The number of rotatable bonds is 4. The summed E-state index contributed by atoms with van der Waals surface area (Å²) in [5.41, 5.74) is 7.64. The van der Waals surface area contributed by atoms with Crippen LogP contribution in [0, 0.1) is 6.92 Å². The van der Waals surface area contributed by atoms with Crippen molar-refractivity contribution >= 4 is 27.4 Å². The third kappa shape index (κ3) is 2.95. The Balaban J connectivity index is 1.99. The van der Waals surface area contributed by atoms with Crippen LogP contribution in [0.15, 0.2) is 10.7 Å². The number of halogens is 1. The summed E-state index contributed by atoms with van der Waals surface area (Å²) in [6.45, 7) is 6.59. The maximum atomic E-state index is 5.84. The van der Waals surface area contributed by atoms with Crippen molar-refractivity contribution in [2.24, 2.45) is 0 Å². The van der Waals surface area contributed by atoms with Crippen molar-refractivity contribution in [2.45, 2.75) is 19.8 Å². The molecule has 100 valence electrons. The Morgan fingerprint density at radius 3 is 2.78 bits per heavy atom. The van der Waals surface area contributed by atoms with Gasteiger partial charge >= 0.3 is 0 Å². The second-order valence-corrected chi connectivity index (χ2v) is 5.74. The van der Waals surface area contributed by atoms with Gasteiger partial charge in [-0.15, -0.1) is 0 Å². The minimum atomic E-state index is 0.735. The van der Waals surface area contributed by atoms with Gasteiger partial charge in [-0.2, -0.15) is 0 Å². The SMILES string of the molecule is Cc1c(N)cnc(N(C)CCN2CCCC2)c1Br. The first kappa shape index (κ1) is 13.6. The Labute approximate surface area is 117 Å². The molecule has 1 aliphatic heterocycles. The summed E-state index contributed by atoms with van der Waals surface area (Å²) in [6.07, 6.45) is 4.42. The van der Waals surface area contributed by atoms with Gasteiger partial charge in [0.2, 0.25) is 0 Å². The van der Waals surface area contributed by atoms with Crippen molar-refractivity contribution in [2.75, 3.05) is 43.9 Å². The predicted octanol–water partition coefficient (Wildman–Crippen LogP) is 2.27. The molecule has 4 nitrogen and oxygen atoms in total. The molecule has 0 aromatic carbocycles. The Bertz CT molecular complexity index is 416. The maximum absolute atomic E-state index is 5.84.